The predicted molar refractivity (Wildman–Crippen MR) is 150 cm³/mol. The van der Waals surface area contributed by atoms with Crippen molar-refractivity contribution in [3.8, 4) is 16.9 Å². The van der Waals surface area contributed by atoms with Crippen LogP contribution in [0.15, 0.2) is 71.3 Å². The zero-order chi connectivity index (χ0) is 27.9. The lowest BCUT2D eigenvalue weighted by atomic mass is 9.82. The highest BCUT2D eigenvalue weighted by Gasteiger charge is 2.25. The van der Waals surface area contributed by atoms with Crippen LogP contribution in [-0.2, 0) is 12.8 Å². The van der Waals surface area contributed by atoms with Crippen molar-refractivity contribution in [2.24, 2.45) is 0 Å². The van der Waals surface area contributed by atoms with Crippen molar-refractivity contribution in [1.29, 1.82) is 0 Å². The first kappa shape index (κ1) is 17.5. The lowest BCUT2D eigenvalue weighted by molar-refractivity contribution is 0.442. The number of aryl methyl sites for hydroxylation is 3. The van der Waals surface area contributed by atoms with Gasteiger partial charge in [0, 0.05) is 34.4 Å². The Morgan fingerprint density at radius 1 is 0.946 bits per heavy atom. The van der Waals surface area contributed by atoms with Crippen LogP contribution < -0.4 is 0 Å². The molecule has 0 amide bonds. The number of furan rings is 1. The molecule has 3 aromatic carbocycles. The molecule has 0 unspecified atom stereocenters. The van der Waals surface area contributed by atoms with Gasteiger partial charge in [0.1, 0.15) is 16.9 Å². The number of hydrogen-bond donors (Lipinski definition) is 0. The summed E-state index contributed by atoms with van der Waals surface area (Å²) in [6, 6.07) is 20.5. The van der Waals surface area contributed by atoms with E-state index in [-0.39, 0.29) is 5.56 Å². The molecule has 1 aliphatic carbocycles. The molecule has 2 aliphatic rings. The molecular weight excluding hydrogens is 454 g/mol. The monoisotopic (exact) mass is 487 g/mol. The first-order chi connectivity index (χ1) is 19.8. The van der Waals surface area contributed by atoms with Crippen LogP contribution in [0.4, 0.5) is 0 Å². The Kier molecular flexibility index (Phi) is 3.81. The fourth-order valence-electron chi connectivity index (χ4n) is 6.42. The smallest absolute Gasteiger partial charge is 0.161 e. The van der Waals surface area contributed by atoms with Crippen molar-refractivity contribution in [2.75, 3.05) is 0 Å². The Hall–Kier alpha value is -3.92. The molecule has 6 aromatic rings. The van der Waals surface area contributed by atoms with E-state index in [1.54, 1.807) is 0 Å². The van der Waals surface area contributed by atoms with E-state index in [2.05, 4.69) is 52.0 Å². The summed E-state index contributed by atoms with van der Waals surface area (Å²) in [5.74, 6) is 0.101. The zero-order valence-corrected chi connectivity index (χ0v) is 20.6. The summed E-state index contributed by atoms with van der Waals surface area (Å²) < 4.78 is 42.8. The molecule has 1 saturated carbocycles. The van der Waals surface area contributed by atoms with E-state index in [0.717, 1.165) is 76.6 Å². The van der Waals surface area contributed by atoms with Crippen LogP contribution in [0.3, 0.4) is 0 Å². The van der Waals surface area contributed by atoms with Crippen LogP contribution in [0.25, 0.3) is 49.9 Å². The average molecular weight is 488 g/mol. The van der Waals surface area contributed by atoms with E-state index in [1.807, 2.05) is 18.2 Å². The molecule has 4 nitrogen and oxygen atoms in total. The summed E-state index contributed by atoms with van der Waals surface area (Å²) in [6.07, 6.45) is 7.54. The van der Waals surface area contributed by atoms with Crippen LogP contribution in [0.2, 0.25) is 0 Å². The third-order valence-electron chi connectivity index (χ3n) is 8.22. The highest BCUT2D eigenvalue weighted by Crippen LogP contribution is 2.42. The Balaban J connectivity index is 1.37. The van der Waals surface area contributed by atoms with E-state index in [4.69, 9.17) is 13.5 Å². The number of para-hydroxylation sites is 2. The van der Waals surface area contributed by atoms with Gasteiger partial charge in [-0.05, 0) is 79.0 Å². The number of aromatic nitrogens is 3. The van der Waals surface area contributed by atoms with Crippen molar-refractivity contribution in [3.05, 3.63) is 89.4 Å². The van der Waals surface area contributed by atoms with Crippen molar-refractivity contribution in [1.82, 2.24) is 14.5 Å². The SMILES string of the molecule is [2H]C([2H])([2H])c1cnc(-c2cccc3c2oc2c3ccc3nc4n(c32)-c2ccccc2CC4)cc1C1([2H])CCCCC1. The Labute approximate surface area is 221 Å². The highest BCUT2D eigenvalue weighted by molar-refractivity contribution is 6.16. The van der Waals surface area contributed by atoms with Crippen molar-refractivity contribution < 1.29 is 9.90 Å². The normalized spacial score (nSPS) is 18.7. The van der Waals surface area contributed by atoms with E-state index in [0.29, 0.717) is 29.7 Å². The molecule has 0 bridgehead atoms. The van der Waals surface area contributed by atoms with Gasteiger partial charge in [-0.25, -0.2) is 4.98 Å². The molecule has 0 spiro atoms. The van der Waals surface area contributed by atoms with Crippen molar-refractivity contribution in [2.45, 2.75) is 57.7 Å². The van der Waals surface area contributed by atoms with Crippen LogP contribution in [0.5, 0.6) is 0 Å². The number of fused-ring (bicyclic) bond motifs is 9. The summed E-state index contributed by atoms with van der Waals surface area (Å²) in [7, 11) is 0. The third-order valence-corrected chi connectivity index (χ3v) is 8.22. The minimum absolute atomic E-state index is 0.182. The summed E-state index contributed by atoms with van der Waals surface area (Å²) in [6.45, 7) is -2.33. The number of benzene rings is 3. The average Bonchev–Trinajstić information content (AvgIpc) is 3.55. The molecule has 8 rings (SSSR count). The predicted octanol–water partition coefficient (Wildman–Crippen LogP) is 8.44. The lowest BCUT2D eigenvalue weighted by Gasteiger charge is -2.24. The van der Waals surface area contributed by atoms with Gasteiger partial charge in [-0.2, -0.15) is 0 Å². The zero-order valence-electron chi connectivity index (χ0n) is 24.6. The number of rotatable bonds is 2. The highest BCUT2D eigenvalue weighted by atomic mass is 16.3. The maximum absolute atomic E-state index is 9.30. The molecule has 0 N–H and O–H groups in total. The van der Waals surface area contributed by atoms with Gasteiger partial charge in [-0.15, -0.1) is 0 Å². The second kappa shape index (κ2) is 8.04. The van der Waals surface area contributed by atoms with Crippen molar-refractivity contribution in [3.63, 3.8) is 0 Å². The molecular formula is C33H29N3O. The van der Waals surface area contributed by atoms with E-state index < -0.39 is 12.7 Å². The van der Waals surface area contributed by atoms with Gasteiger partial charge in [-0.1, -0.05) is 49.6 Å². The van der Waals surface area contributed by atoms with E-state index in [1.165, 1.54) is 11.8 Å². The van der Waals surface area contributed by atoms with Crippen LogP contribution in [0, 0.1) is 6.85 Å². The number of hydrogen-bond acceptors (Lipinski definition) is 3. The fraction of sp³-hybridized carbons (Fsp3) is 0.273. The topological polar surface area (TPSA) is 43.9 Å². The Bertz CT molecular complexity index is 2000. The number of imidazole rings is 1. The summed E-state index contributed by atoms with van der Waals surface area (Å²) >= 11 is 0. The quantitative estimate of drug-likeness (QED) is 0.246. The van der Waals surface area contributed by atoms with Gasteiger partial charge in [0.05, 0.1) is 16.9 Å². The standard InChI is InChI=1S/C33H29N3O/c1-20-19-34-28(18-26(20)21-8-3-2-4-9-21)25-12-7-11-23-24-15-16-27-31(33(24)37-32(23)25)36-29-13-6-5-10-22(29)14-17-30(36)35-27/h5-7,10-13,15-16,18-19,21H,2-4,8-9,14,17H2,1H3/i1D3,21D. The molecule has 1 fully saturated rings. The minimum atomic E-state index is -2.33. The molecule has 0 atom stereocenters. The van der Waals surface area contributed by atoms with Gasteiger partial charge in [-0.3, -0.25) is 9.55 Å². The maximum Gasteiger partial charge on any atom is 0.161 e. The largest absolute Gasteiger partial charge is 0.453 e. The van der Waals surface area contributed by atoms with Crippen molar-refractivity contribution >= 4 is 33.0 Å². The molecule has 4 heteroatoms. The van der Waals surface area contributed by atoms with Crippen LogP contribution in [0.1, 0.15) is 66.0 Å². The molecule has 0 radical (unpaired) electrons. The Morgan fingerprint density at radius 3 is 2.76 bits per heavy atom. The van der Waals surface area contributed by atoms with E-state index >= 15 is 0 Å². The molecule has 37 heavy (non-hydrogen) atoms. The molecule has 182 valence electrons. The molecule has 3 aromatic heterocycles. The summed E-state index contributed by atoms with van der Waals surface area (Å²) in [5.41, 5.74) is 7.97. The van der Waals surface area contributed by atoms with E-state index in [9.17, 15) is 1.37 Å². The number of pyridine rings is 1. The van der Waals surface area contributed by atoms with Crippen LogP contribution >= 0.6 is 0 Å². The first-order valence-corrected chi connectivity index (χ1v) is 13.3. The summed E-state index contributed by atoms with van der Waals surface area (Å²) in [5, 5.41) is 1.98. The third kappa shape index (κ3) is 3.14. The fourth-order valence-corrected chi connectivity index (χ4v) is 6.42. The van der Waals surface area contributed by atoms with Crippen LogP contribution in [-0.4, -0.2) is 14.5 Å². The molecule has 4 heterocycles. The van der Waals surface area contributed by atoms with Gasteiger partial charge in [0.15, 0.2) is 5.58 Å². The number of nitrogens with zero attached hydrogens (tertiary/aromatic N) is 3. The van der Waals surface area contributed by atoms with Gasteiger partial charge in [0.25, 0.3) is 0 Å². The lowest BCUT2D eigenvalue weighted by Crippen LogP contribution is -2.11. The second-order valence-electron chi connectivity index (χ2n) is 10.4. The maximum atomic E-state index is 9.30. The van der Waals surface area contributed by atoms with Gasteiger partial charge in [0.2, 0.25) is 0 Å². The molecule has 1 aliphatic heterocycles. The summed E-state index contributed by atoms with van der Waals surface area (Å²) in [4.78, 5) is 9.63. The first-order valence-electron chi connectivity index (χ1n) is 15.3. The van der Waals surface area contributed by atoms with Gasteiger partial charge < -0.3 is 4.42 Å². The second-order valence-corrected chi connectivity index (χ2v) is 10.4. The van der Waals surface area contributed by atoms with Gasteiger partial charge >= 0.3 is 0 Å². The molecule has 0 saturated heterocycles. The Morgan fingerprint density at radius 2 is 1.84 bits per heavy atom. The minimum Gasteiger partial charge on any atom is -0.453 e.